The molecule has 0 aromatic heterocycles. The van der Waals surface area contributed by atoms with Crippen LogP contribution in [0.4, 0.5) is 17.1 Å². The van der Waals surface area contributed by atoms with Gasteiger partial charge in [0.25, 0.3) is 0 Å². The molecule has 1 aliphatic rings. The number of benzene rings is 10. The molecule has 0 aliphatic heterocycles. The summed E-state index contributed by atoms with van der Waals surface area (Å²) in [5.74, 6) is 0. The first-order valence-corrected chi connectivity index (χ1v) is 20.9. The van der Waals surface area contributed by atoms with Crippen molar-refractivity contribution in [3.8, 4) is 55.6 Å². The lowest BCUT2D eigenvalue weighted by Crippen LogP contribution is -2.14. The normalized spacial score (nSPS) is 12.6. The Kier molecular flexibility index (Phi) is 8.57. The maximum absolute atomic E-state index is 2.50. The largest absolute Gasteiger partial charge is 0.309 e. The number of anilines is 3. The molecular formula is C59H43N. The molecule has 0 N–H and O–H groups in total. The van der Waals surface area contributed by atoms with Gasteiger partial charge < -0.3 is 4.90 Å². The molecular weight excluding hydrogens is 723 g/mol. The standard InChI is InChI=1S/C59H43N/c1-59(2)54-30-16-15-26-50(54)51-37-34-43(38-55(51)59)40-32-35-45(36-33-40)60(57-39-44-22-9-10-24-47(44)49-25-12-13-27-52(49)57)56-31-17-29-48(42-20-7-4-8-21-42)58(56)53-28-14-11-23-46(53)41-18-5-3-6-19-41/h3-39H,1-2H3. The zero-order valence-electron chi connectivity index (χ0n) is 33.8. The van der Waals surface area contributed by atoms with Gasteiger partial charge in [0.2, 0.25) is 0 Å². The van der Waals surface area contributed by atoms with Gasteiger partial charge in [-0.05, 0) is 108 Å². The van der Waals surface area contributed by atoms with Gasteiger partial charge in [-0.3, -0.25) is 0 Å². The number of rotatable bonds is 7. The van der Waals surface area contributed by atoms with E-state index >= 15 is 0 Å². The highest BCUT2D eigenvalue weighted by atomic mass is 15.1. The Bertz CT molecular complexity index is 3210. The molecule has 0 saturated carbocycles. The number of fused-ring (bicyclic) bond motifs is 6. The van der Waals surface area contributed by atoms with E-state index in [2.05, 4.69) is 243 Å². The van der Waals surface area contributed by atoms with E-state index in [4.69, 9.17) is 0 Å². The van der Waals surface area contributed by atoms with E-state index < -0.39 is 0 Å². The minimum absolute atomic E-state index is 0.0635. The Hall–Kier alpha value is -7.48. The van der Waals surface area contributed by atoms with Gasteiger partial charge in [0.1, 0.15) is 0 Å². The molecule has 1 nitrogen and oxygen atoms in total. The zero-order chi connectivity index (χ0) is 40.2. The van der Waals surface area contributed by atoms with Gasteiger partial charge in [0.05, 0.1) is 11.4 Å². The summed E-state index contributed by atoms with van der Waals surface area (Å²) in [4.78, 5) is 2.50. The Morgan fingerprint density at radius 2 is 0.867 bits per heavy atom. The summed E-state index contributed by atoms with van der Waals surface area (Å²) in [5.41, 5.74) is 18.3. The minimum Gasteiger partial charge on any atom is -0.309 e. The van der Waals surface area contributed by atoms with Crippen LogP contribution in [0.2, 0.25) is 0 Å². The summed E-state index contributed by atoms with van der Waals surface area (Å²) in [6.45, 7) is 4.71. The van der Waals surface area contributed by atoms with Gasteiger partial charge in [-0.15, -0.1) is 0 Å². The van der Waals surface area contributed by atoms with Crippen LogP contribution in [-0.4, -0.2) is 0 Å². The first kappa shape index (κ1) is 35.7. The first-order valence-electron chi connectivity index (χ1n) is 20.9. The predicted molar refractivity (Wildman–Crippen MR) is 255 cm³/mol. The maximum Gasteiger partial charge on any atom is 0.0546 e. The molecule has 1 aliphatic carbocycles. The van der Waals surface area contributed by atoms with Gasteiger partial charge in [-0.2, -0.15) is 0 Å². The monoisotopic (exact) mass is 765 g/mol. The lowest BCUT2D eigenvalue weighted by atomic mass is 9.81. The van der Waals surface area contributed by atoms with E-state index in [0.29, 0.717) is 0 Å². The Morgan fingerprint density at radius 3 is 1.62 bits per heavy atom. The van der Waals surface area contributed by atoms with Gasteiger partial charge in [-0.1, -0.05) is 208 Å². The Morgan fingerprint density at radius 1 is 0.317 bits per heavy atom. The number of hydrogen-bond acceptors (Lipinski definition) is 1. The third kappa shape index (κ3) is 5.85. The van der Waals surface area contributed by atoms with Crippen molar-refractivity contribution in [1.82, 2.24) is 0 Å². The van der Waals surface area contributed by atoms with Crippen LogP contribution in [-0.2, 0) is 5.41 Å². The molecule has 11 rings (SSSR count). The third-order valence-corrected chi connectivity index (χ3v) is 12.7. The van der Waals surface area contributed by atoms with E-state index in [0.717, 1.165) is 17.1 Å². The van der Waals surface area contributed by atoms with Crippen molar-refractivity contribution < 1.29 is 0 Å². The van der Waals surface area contributed by atoms with Crippen LogP contribution in [0, 0.1) is 0 Å². The summed E-state index contributed by atoms with van der Waals surface area (Å²) in [6, 6.07) is 82.5. The second-order valence-corrected chi connectivity index (χ2v) is 16.5. The van der Waals surface area contributed by atoms with Crippen LogP contribution < -0.4 is 4.90 Å². The molecule has 0 radical (unpaired) electrons. The maximum atomic E-state index is 2.50. The summed E-state index contributed by atoms with van der Waals surface area (Å²) >= 11 is 0. The summed E-state index contributed by atoms with van der Waals surface area (Å²) in [7, 11) is 0. The van der Waals surface area contributed by atoms with Crippen molar-refractivity contribution in [2.45, 2.75) is 19.3 Å². The molecule has 0 fully saturated rings. The SMILES string of the molecule is CC1(C)c2ccccc2-c2ccc(-c3ccc(N(c4cccc(-c5ccccc5)c4-c4ccccc4-c4ccccc4)c4cc5ccccc5c5ccccc45)cc3)cc21. The molecule has 0 atom stereocenters. The average Bonchev–Trinajstić information content (AvgIpc) is 3.55. The van der Waals surface area contributed by atoms with Gasteiger partial charge in [0, 0.05) is 22.1 Å². The molecule has 0 unspecified atom stereocenters. The minimum atomic E-state index is -0.0635. The molecule has 10 aromatic rings. The number of nitrogens with zero attached hydrogens (tertiary/aromatic N) is 1. The Labute approximate surface area is 352 Å². The van der Waals surface area contributed by atoms with Crippen LogP contribution in [0.1, 0.15) is 25.0 Å². The summed E-state index contributed by atoms with van der Waals surface area (Å²) < 4.78 is 0. The van der Waals surface area contributed by atoms with Crippen molar-refractivity contribution in [3.63, 3.8) is 0 Å². The van der Waals surface area contributed by atoms with Crippen LogP contribution in [0.5, 0.6) is 0 Å². The van der Waals surface area contributed by atoms with E-state index in [1.165, 1.54) is 88.3 Å². The highest BCUT2D eigenvalue weighted by molar-refractivity contribution is 6.15. The second-order valence-electron chi connectivity index (χ2n) is 16.5. The topological polar surface area (TPSA) is 3.24 Å². The highest BCUT2D eigenvalue weighted by Gasteiger charge is 2.35. The molecule has 0 amide bonds. The highest BCUT2D eigenvalue weighted by Crippen LogP contribution is 2.52. The first-order chi connectivity index (χ1) is 29.5. The third-order valence-electron chi connectivity index (χ3n) is 12.7. The van der Waals surface area contributed by atoms with Crippen LogP contribution in [0.25, 0.3) is 77.2 Å². The molecule has 1 heteroatoms. The fourth-order valence-electron chi connectivity index (χ4n) is 9.75. The summed E-state index contributed by atoms with van der Waals surface area (Å²) in [6.07, 6.45) is 0. The molecule has 0 heterocycles. The van der Waals surface area contributed by atoms with E-state index in [9.17, 15) is 0 Å². The molecule has 0 spiro atoms. The van der Waals surface area contributed by atoms with E-state index in [1.54, 1.807) is 0 Å². The molecule has 10 aromatic carbocycles. The van der Waals surface area contributed by atoms with Crippen molar-refractivity contribution >= 4 is 38.6 Å². The summed E-state index contributed by atoms with van der Waals surface area (Å²) in [5, 5.41) is 4.90. The average molecular weight is 766 g/mol. The fraction of sp³-hybridized carbons (Fsp3) is 0.0508. The predicted octanol–water partition coefficient (Wildman–Crippen LogP) is 16.4. The fourth-order valence-corrected chi connectivity index (χ4v) is 9.75. The van der Waals surface area contributed by atoms with Gasteiger partial charge >= 0.3 is 0 Å². The molecule has 284 valence electrons. The molecule has 0 bridgehead atoms. The van der Waals surface area contributed by atoms with E-state index in [-0.39, 0.29) is 5.41 Å². The second kappa shape index (κ2) is 14.4. The van der Waals surface area contributed by atoms with Crippen molar-refractivity contribution in [2.24, 2.45) is 0 Å². The number of hydrogen-bond donors (Lipinski definition) is 0. The lowest BCUT2D eigenvalue weighted by molar-refractivity contribution is 0.660. The zero-order valence-corrected chi connectivity index (χ0v) is 33.8. The van der Waals surface area contributed by atoms with Crippen molar-refractivity contribution in [3.05, 3.63) is 236 Å². The van der Waals surface area contributed by atoms with Crippen LogP contribution in [0.15, 0.2) is 224 Å². The smallest absolute Gasteiger partial charge is 0.0546 e. The van der Waals surface area contributed by atoms with Crippen molar-refractivity contribution in [1.29, 1.82) is 0 Å². The van der Waals surface area contributed by atoms with Gasteiger partial charge in [0.15, 0.2) is 0 Å². The molecule has 0 saturated heterocycles. The van der Waals surface area contributed by atoms with Crippen molar-refractivity contribution in [2.75, 3.05) is 4.90 Å². The van der Waals surface area contributed by atoms with E-state index in [1.807, 2.05) is 0 Å². The lowest BCUT2D eigenvalue weighted by Gasteiger charge is -2.31. The molecule has 60 heavy (non-hydrogen) atoms. The Balaban J connectivity index is 1.16. The van der Waals surface area contributed by atoms with Crippen LogP contribution in [0.3, 0.4) is 0 Å². The van der Waals surface area contributed by atoms with Gasteiger partial charge in [-0.25, -0.2) is 0 Å². The van der Waals surface area contributed by atoms with Crippen LogP contribution >= 0.6 is 0 Å². The quantitative estimate of drug-likeness (QED) is 0.146.